The van der Waals surface area contributed by atoms with Crippen LogP contribution in [0.4, 0.5) is 0 Å². The van der Waals surface area contributed by atoms with E-state index in [0.29, 0.717) is 12.0 Å². The average molecular weight is 230 g/mol. The molecule has 1 aromatic heterocycles. The van der Waals surface area contributed by atoms with Gasteiger partial charge in [-0.3, -0.25) is 9.78 Å². The van der Waals surface area contributed by atoms with Crippen molar-refractivity contribution in [1.29, 1.82) is 0 Å². The number of rotatable bonds is 1. The highest BCUT2D eigenvalue weighted by atomic mass is 32.2. The Balaban J connectivity index is 2.40. The molecule has 1 aliphatic heterocycles. The van der Waals surface area contributed by atoms with Gasteiger partial charge in [0, 0.05) is 17.7 Å². The van der Waals surface area contributed by atoms with Gasteiger partial charge in [0.2, 0.25) is 0 Å². The largest absolute Gasteiger partial charge is 0.325 e. The first-order chi connectivity index (χ1) is 6.98. The Morgan fingerprint density at radius 1 is 1.33 bits per heavy atom. The molecule has 7 heteroatoms. The topological polar surface area (TPSA) is 99.9 Å². The third kappa shape index (κ3) is 2.01. The van der Waals surface area contributed by atoms with Gasteiger partial charge in [-0.1, -0.05) is 0 Å². The minimum atomic E-state index is -3.02. The fourth-order valence-corrected chi connectivity index (χ4v) is 3.53. The Hall–Kier alpha value is -1.37. The second kappa shape index (κ2) is 3.34. The third-order valence-electron chi connectivity index (χ3n) is 2.52. The summed E-state index contributed by atoms with van der Waals surface area (Å²) in [6, 6.07) is 0. The zero-order valence-corrected chi connectivity index (χ0v) is 8.63. The van der Waals surface area contributed by atoms with Crippen molar-refractivity contribution in [2.45, 2.75) is 12.3 Å². The standard InChI is InChI=1S/C8H10N2O4S/c11-7-6(3-9-8(12)10-7)5-1-2-15(13,14)4-5/h3,5H,1-2,4H2,(H2,9,10,11,12). The van der Waals surface area contributed by atoms with Crippen LogP contribution in [0.15, 0.2) is 15.8 Å². The van der Waals surface area contributed by atoms with Gasteiger partial charge in [0.05, 0.1) is 11.5 Å². The highest BCUT2D eigenvalue weighted by Crippen LogP contribution is 2.25. The summed E-state index contributed by atoms with van der Waals surface area (Å²) in [4.78, 5) is 26.5. The normalized spacial score (nSPS) is 24.1. The fraction of sp³-hybridized carbons (Fsp3) is 0.500. The number of aromatic nitrogens is 2. The molecule has 1 atom stereocenters. The molecule has 2 N–H and O–H groups in total. The van der Waals surface area contributed by atoms with E-state index in [1.807, 2.05) is 0 Å². The van der Waals surface area contributed by atoms with Crippen LogP contribution in [0.3, 0.4) is 0 Å². The SMILES string of the molecule is O=c1[nH]cc(C2CCS(=O)(=O)C2)c(=O)[nH]1. The van der Waals surface area contributed by atoms with Crippen LogP contribution >= 0.6 is 0 Å². The van der Waals surface area contributed by atoms with E-state index in [0.717, 1.165) is 0 Å². The van der Waals surface area contributed by atoms with Crippen LogP contribution in [0.25, 0.3) is 0 Å². The van der Waals surface area contributed by atoms with Gasteiger partial charge in [0.15, 0.2) is 9.84 Å². The predicted octanol–water partition coefficient (Wildman–Crippen LogP) is -1.03. The molecule has 2 rings (SSSR count). The predicted molar refractivity (Wildman–Crippen MR) is 53.7 cm³/mol. The minimum absolute atomic E-state index is 0.0118. The van der Waals surface area contributed by atoms with E-state index in [1.165, 1.54) is 6.20 Å². The van der Waals surface area contributed by atoms with Gasteiger partial charge in [-0.15, -0.1) is 0 Å². The molecule has 6 nitrogen and oxygen atoms in total. The summed E-state index contributed by atoms with van der Waals surface area (Å²) < 4.78 is 22.4. The van der Waals surface area contributed by atoms with Crippen molar-refractivity contribution in [3.05, 3.63) is 32.6 Å². The van der Waals surface area contributed by atoms with Crippen LogP contribution in [0.5, 0.6) is 0 Å². The lowest BCUT2D eigenvalue weighted by Gasteiger charge is -2.04. The molecule has 0 spiro atoms. The van der Waals surface area contributed by atoms with Crippen molar-refractivity contribution in [3.63, 3.8) is 0 Å². The monoisotopic (exact) mass is 230 g/mol. The smallest absolute Gasteiger partial charge is 0.314 e. The summed E-state index contributed by atoms with van der Waals surface area (Å²) in [6.07, 6.45) is 1.74. The number of hydrogen-bond acceptors (Lipinski definition) is 4. The number of aromatic amines is 2. The molecule has 0 aliphatic carbocycles. The van der Waals surface area contributed by atoms with E-state index >= 15 is 0 Å². The zero-order chi connectivity index (χ0) is 11.1. The molecule has 1 aliphatic rings. The maximum atomic E-state index is 11.4. The van der Waals surface area contributed by atoms with Gasteiger partial charge in [-0.05, 0) is 6.42 Å². The Labute approximate surface area is 85.3 Å². The van der Waals surface area contributed by atoms with Crippen LogP contribution < -0.4 is 11.2 Å². The third-order valence-corrected chi connectivity index (χ3v) is 4.29. The van der Waals surface area contributed by atoms with Gasteiger partial charge < -0.3 is 4.98 Å². The van der Waals surface area contributed by atoms with Crippen LogP contribution in [-0.4, -0.2) is 29.9 Å². The Morgan fingerprint density at radius 3 is 2.60 bits per heavy atom. The van der Waals surface area contributed by atoms with Crippen LogP contribution in [-0.2, 0) is 9.84 Å². The lowest BCUT2D eigenvalue weighted by molar-refractivity contribution is 0.601. The summed E-state index contributed by atoms with van der Waals surface area (Å²) >= 11 is 0. The molecule has 1 saturated heterocycles. The molecule has 1 fully saturated rings. The van der Waals surface area contributed by atoms with E-state index in [9.17, 15) is 18.0 Å². The van der Waals surface area contributed by atoms with E-state index in [4.69, 9.17) is 0 Å². The number of nitrogens with one attached hydrogen (secondary N) is 2. The van der Waals surface area contributed by atoms with E-state index in [1.54, 1.807) is 0 Å². The molecule has 15 heavy (non-hydrogen) atoms. The summed E-state index contributed by atoms with van der Waals surface area (Å²) in [6.45, 7) is 0. The molecule has 1 unspecified atom stereocenters. The quantitative estimate of drug-likeness (QED) is 0.644. The van der Waals surface area contributed by atoms with Crippen molar-refractivity contribution in [2.24, 2.45) is 0 Å². The van der Waals surface area contributed by atoms with Crippen molar-refractivity contribution in [1.82, 2.24) is 9.97 Å². The molecule has 82 valence electrons. The highest BCUT2D eigenvalue weighted by molar-refractivity contribution is 7.91. The van der Waals surface area contributed by atoms with Crippen LogP contribution in [0.2, 0.25) is 0 Å². The van der Waals surface area contributed by atoms with E-state index in [2.05, 4.69) is 9.97 Å². The molecule has 0 radical (unpaired) electrons. The fourth-order valence-electron chi connectivity index (χ4n) is 1.76. The maximum Gasteiger partial charge on any atom is 0.325 e. The lowest BCUT2D eigenvalue weighted by Crippen LogP contribution is -2.26. The second-order valence-corrected chi connectivity index (χ2v) is 5.86. The Bertz CT molecular complexity index is 583. The van der Waals surface area contributed by atoms with Crippen molar-refractivity contribution < 1.29 is 8.42 Å². The van der Waals surface area contributed by atoms with E-state index in [-0.39, 0.29) is 17.4 Å². The zero-order valence-electron chi connectivity index (χ0n) is 7.82. The molecule has 0 amide bonds. The molecule has 2 heterocycles. The first kappa shape index (κ1) is 10.2. The molecule has 0 bridgehead atoms. The Morgan fingerprint density at radius 2 is 2.07 bits per heavy atom. The van der Waals surface area contributed by atoms with Gasteiger partial charge in [0.1, 0.15) is 0 Å². The van der Waals surface area contributed by atoms with Gasteiger partial charge in [-0.2, -0.15) is 0 Å². The summed E-state index contributed by atoms with van der Waals surface area (Å²) in [5, 5.41) is 0. The number of hydrogen-bond donors (Lipinski definition) is 2. The van der Waals surface area contributed by atoms with Crippen molar-refractivity contribution >= 4 is 9.84 Å². The highest BCUT2D eigenvalue weighted by Gasteiger charge is 2.30. The average Bonchev–Trinajstić information content (AvgIpc) is 2.46. The molecule has 0 saturated carbocycles. The summed E-state index contributed by atoms with van der Waals surface area (Å²) in [5.41, 5.74) is -0.735. The molecule has 0 aromatic carbocycles. The van der Waals surface area contributed by atoms with Gasteiger partial charge in [0.25, 0.3) is 5.56 Å². The number of sulfone groups is 1. The second-order valence-electron chi connectivity index (χ2n) is 3.63. The number of H-pyrrole nitrogens is 2. The summed E-state index contributed by atoms with van der Waals surface area (Å²) in [5.74, 6) is -0.200. The Kier molecular flexibility index (Phi) is 2.26. The molecular weight excluding hydrogens is 220 g/mol. The first-order valence-electron chi connectivity index (χ1n) is 4.50. The maximum absolute atomic E-state index is 11.4. The lowest BCUT2D eigenvalue weighted by atomic mass is 10.0. The van der Waals surface area contributed by atoms with E-state index < -0.39 is 21.1 Å². The molecular formula is C8H10N2O4S. The summed E-state index contributed by atoms with van der Waals surface area (Å²) in [7, 11) is -3.02. The van der Waals surface area contributed by atoms with Crippen LogP contribution in [0, 0.1) is 0 Å². The van der Waals surface area contributed by atoms with Gasteiger partial charge >= 0.3 is 5.69 Å². The van der Waals surface area contributed by atoms with Crippen molar-refractivity contribution in [2.75, 3.05) is 11.5 Å². The van der Waals surface area contributed by atoms with Crippen molar-refractivity contribution in [3.8, 4) is 0 Å². The van der Waals surface area contributed by atoms with Crippen LogP contribution in [0.1, 0.15) is 17.9 Å². The minimum Gasteiger partial charge on any atom is -0.314 e. The molecule has 1 aromatic rings. The van der Waals surface area contributed by atoms with Gasteiger partial charge in [-0.25, -0.2) is 13.2 Å². The first-order valence-corrected chi connectivity index (χ1v) is 6.32.